The number of hydrogen-bond donors (Lipinski definition) is 0. The molecular weight excluding hydrogens is 432 g/mol. The van der Waals surface area contributed by atoms with E-state index in [4.69, 9.17) is 4.74 Å². The monoisotopic (exact) mass is 462 g/mol. The normalized spacial score (nSPS) is 24.4. The summed E-state index contributed by atoms with van der Waals surface area (Å²) in [5.74, 6) is -0.251. The van der Waals surface area contributed by atoms with Crippen molar-refractivity contribution in [2.45, 2.75) is 43.0 Å². The van der Waals surface area contributed by atoms with Crippen molar-refractivity contribution in [1.29, 1.82) is 0 Å². The van der Waals surface area contributed by atoms with Gasteiger partial charge in [-0.15, -0.1) is 0 Å². The summed E-state index contributed by atoms with van der Waals surface area (Å²) in [5.41, 5.74) is 1.36. The van der Waals surface area contributed by atoms with Gasteiger partial charge in [0.15, 0.2) is 0 Å². The van der Waals surface area contributed by atoms with Gasteiger partial charge in [0.05, 0.1) is 29.5 Å². The highest BCUT2D eigenvalue weighted by atomic mass is 32.2. The van der Waals surface area contributed by atoms with E-state index in [1.165, 1.54) is 9.21 Å². The standard InChI is InChI=1S/C22H30N4O5S/c27-21(23-11-13-31-14-12-23)16-26-20-15-17(32(29,30)24-8-3-4-9-24)6-7-18(20)25-10-2-1-5-19(25)22(26)28/h6-7,15,19H,1-5,8-14,16H2. The second-order valence-electron chi connectivity index (χ2n) is 8.88. The number of carbonyl (C=O) groups is 2. The Morgan fingerprint density at radius 2 is 1.69 bits per heavy atom. The van der Waals surface area contributed by atoms with Crippen LogP contribution in [0, 0.1) is 0 Å². The predicted molar refractivity (Wildman–Crippen MR) is 119 cm³/mol. The van der Waals surface area contributed by atoms with Crippen molar-refractivity contribution in [3.05, 3.63) is 18.2 Å². The van der Waals surface area contributed by atoms with Crippen LogP contribution in [0.25, 0.3) is 0 Å². The van der Waals surface area contributed by atoms with Crippen LogP contribution in [0.1, 0.15) is 32.1 Å². The Morgan fingerprint density at radius 3 is 2.44 bits per heavy atom. The molecule has 0 spiro atoms. The van der Waals surface area contributed by atoms with Crippen LogP contribution in [0.2, 0.25) is 0 Å². The van der Waals surface area contributed by atoms with Gasteiger partial charge in [0.25, 0.3) is 0 Å². The smallest absolute Gasteiger partial charge is 0.250 e. The molecule has 3 saturated heterocycles. The molecule has 1 atom stereocenters. The molecule has 1 aromatic rings. The zero-order valence-electron chi connectivity index (χ0n) is 18.2. The second-order valence-corrected chi connectivity index (χ2v) is 10.8. The van der Waals surface area contributed by atoms with Crippen LogP contribution >= 0.6 is 0 Å². The van der Waals surface area contributed by atoms with E-state index in [1.807, 2.05) is 6.07 Å². The summed E-state index contributed by atoms with van der Waals surface area (Å²) >= 11 is 0. The van der Waals surface area contributed by atoms with Crippen molar-refractivity contribution in [2.75, 3.05) is 62.3 Å². The highest BCUT2D eigenvalue weighted by Gasteiger charge is 2.41. The average molecular weight is 463 g/mol. The molecule has 0 radical (unpaired) electrons. The fourth-order valence-electron chi connectivity index (χ4n) is 5.19. The van der Waals surface area contributed by atoms with Gasteiger partial charge >= 0.3 is 0 Å². The van der Waals surface area contributed by atoms with E-state index in [2.05, 4.69) is 4.90 Å². The molecule has 9 nitrogen and oxygen atoms in total. The first-order valence-corrected chi connectivity index (χ1v) is 13.0. The molecular formula is C22H30N4O5S. The summed E-state index contributed by atoms with van der Waals surface area (Å²) in [4.78, 5) is 32.0. The van der Waals surface area contributed by atoms with Gasteiger partial charge < -0.3 is 14.5 Å². The highest BCUT2D eigenvalue weighted by Crippen LogP contribution is 2.41. The van der Waals surface area contributed by atoms with Gasteiger partial charge in [-0.05, 0) is 50.3 Å². The first-order valence-electron chi connectivity index (χ1n) is 11.5. The number of piperidine rings is 1. The van der Waals surface area contributed by atoms with Gasteiger partial charge in [-0.2, -0.15) is 4.31 Å². The van der Waals surface area contributed by atoms with Crippen LogP contribution in [0.15, 0.2) is 23.1 Å². The quantitative estimate of drug-likeness (QED) is 0.664. The van der Waals surface area contributed by atoms with Crippen LogP contribution in [-0.2, 0) is 24.3 Å². The van der Waals surface area contributed by atoms with Crippen LogP contribution in [-0.4, -0.2) is 88.0 Å². The first-order chi connectivity index (χ1) is 15.5. The summed E-state index contributed by atoms with van der Waals surface area (Å²) < 4.78 is 33.2. The molecule has 1 unspecified atom stereocenters. The molecule has 2 amide bonds. The van der Waals surface area contributed by atoms with E-state index in [-0.39, 0.29) is 29.3 Å². The SMILES string of the molecule is O=C(CN1C(=O)C2CCCCN2c2ccc(S(=O)(=O)N3CCCC3)cc21)N1CCOCC1. The van der Waals surface area contributed by atoms with Gasteiger partial charge in [0, 0.05) is 32.7 Å². The summed E-state index contributed by atoms with van der Waals surface area (Å²) in [7, 11) is -3.63. The number of fused-ring (bicyclic) bond motifs is 3. The van der Waals surface area contributed by atoms with Crippen molar-refractivity contribution in [3.8, 4) is 0 Å². The van der Waals surface area contributed by atoms with Gasteiger partial charge in [-0.1, -0.05) is 0 Å². The van der Waals surface area contributed by atoms with Crippen LogP contribution < -0.4 is 9.80 Å². The van der Waals surface area contributed by atoms with Crippen molar-refractivity contribution < 1.29 is 22.7 Å². The van der Waals surface area contributed by atoms with Gasteiger partial charge in [0.2, 0.25) is 21.8 Å². The number of hydrogen-bond acceptors (Lipinski definition) is 6. The molecule has 3 fully saturated rings. The van der Waals surface area contributed by atoms with E-state index in [1.54, 1.807) is 17.0 Å². The third kappa shape index (κ3) is 3.78. The van der Waals surface area contributed by atoms with Crippen molar-refractivity contribution in [2.24, 2.45) is 0 Å². The maximum Gasteiger partial charge on any atom is 0.250 e. The minimum absolute atomic E-state index is 0.0800. The molecule has 32 heavy (non-hydrogen) atoms. The predicted octanol–water partition coefficient (Wildman–Crippen LogP) is 1.04. The van der Waals surface area contributed by atoms with Crippen LogP contribution in [0.4, 0.5) is 11.4 Å². The topological polar surface area (TPSA) is 90.5 Å². The molecule has 0 saturated carbocycles. The second kappa shape index (κ2) is 8.64. The molecule has 174 valence electrons. The van der Waals surface area contributed by atoms with E-state index in [0.717, 1.165) is 44.3 Å². The van der Waals surface area contributed by atoms with E-state index in [9.17, 15) is 18.0 Å². The Morgan fingerprint density at radius 1 is 0.969 bits per heavy atom. The lowest BCUT2D eigenvalue weighted by molar-refractivity contribution is -0.135. The fourth-order valence-corrected chi connectivity index (χ4v) is 6.72. The molecule has 0 aliphatic carbocycles. The number of benzene rings is 1. The third-order valence-electron chi connectivity index (χ3n) is 6.96. The largest absolute Gasteiger partial charge is 0.378 e. The van der Waals surface area contributed by atoms with Crippen molar-refractivity contribution in [1.82, 2.24) is 9.21 Å². The van der Waals surface area contributed by atoms with Crippen LogP contribution in [0.5, 0.6) is 0 Å². The zero-order chi connectivity index (χ0) is 22.3. The number of amides is 2. The molecule has 10 heteroatoms. The molecule has 0 bridgehead atoms. The summed E-state index contributed by atoms with van der Waals surface area (Å²) in [5, 5.41) is 0. The number of morpholine rings is 1. The first kappa shape index (κ1) is 21.7. The third-order valence-corrected chi connectivity index (χ3v) is 8.86. The van der Waals surface area contributed by atoms with Crippen molar-refractivity contribution in [3.63, 3.8) is 0 Å². The highest BCUT2D eigenvalue weighted by molar-refractivity contribution is 7.89. The van der Waals surface area contributed by atoms with Crippen LogP contribution in [0.3, 0.4) is 0 Å². The zero-order valence-corrected chi connectivity index (χ0v) is 19.1. The van der Waals surface area contributed by atoms with Gasteiger partial charge in [0.1, 0.15) is 12.6 Å². The lowest BCUT2D eigenvalue weighted by Crippen LogP contribution is -2.57. The summed E-state index contributed by atoms with van der Waals surface area (Å²) in [6, 6.07) is 4.76. The maximum absolute atomic E-state index is 13.5. The van der Waals surface area contributed by atoms with Gasteiger partial charge in [-0.3, -0.25) is 14.5 Å². The summed E-state index contributed by atoms with van der Waals surface area (Å²) in [6.07, 6.45) is 4.42. The number of ether oxygens (including phenoxy) is 1. The molecule has 4 aliphatic rings. The molecule has 0 aromatic heterocycles. The lowest BCUT2D eigenvalue weighted by Gasteiger charge is -2.45. The Hall–Kier alpha value is -2.17. The van der Waals surface area contributed by atoms with E-state index in [0.29, 0.717) is 45.1 Å². The Kier molecular flexibility index (Phi) is 5.85. The maximum atomic E-state index is 13.5. The Labute approximate surface area is 188 Å². The number of carbonyl (C=O) groups excluding carboxylic acids is 2. The number of sulfonamides is 1. The molecule has 5 rings (SSSR count). The molecule has 0 N–H and O–H groups in total. The minimum atomic E-state index is -3.63. The number of anilines is 2. The number of rotatable bonds is 4. The van der Waals surface area contributed by atoms with E-state index < -0.39 is 10.0 Å². The molecule has 4 heterocycles. The molecule has 1 aromatic carbocycles. The summed E-state index contributed by atoms with van der Waals surface area (Å²) in [6.45, 7) is 3.71. The Bertz CT molecular complexity index is 1000. The Balaban J connectivity index is 1.51. The lowest BCUT2D eigenvalue weighted by atomic mass is 9.96. The fraction of sp³-hybridized carbons (Fsp3) is 0.636. The van der Waals surface area contributed by atoms with Crippen molar-refractivity contribution >= 4 is 33.2 Å². The van der Waals surface area contributed by atoms with Gasteiger partial charge in [-0.25, -0.2) is 8.42 Å². The minimum Gasteiger partial charge on any atom is -0.378 e. The average Bonchev–Trinajstić information content (AvgIpc) is 3.38. The van der Waals surface area contributed by atoms with E-state index >= 15 is 0 Å². The molecule has 4 aliphatic heterocycles. The number of nitrogens with zero attached hydrogens (tertiary/aromatic N) is 4.